The van der Waals surface area contributed by atoms with Gasteiger partial charge in [-0.05, 0) is 18.4 Å². The first kappa shape index (κ1) is 10.5. The van der Waals surface area contributed by atoms with Crippen LogP contribution in [0.25, 0.3) is 11.1 Å². The van der Waals surface area contributed by atoms with Crippen LogP contribution in [-0.4, -0.2) is 22.9 Å². The van der Waals surface area contributed by atoms with Crippen LogP contribution in [-0.2, 0) is 0 Å². The summed E-state index contributed by atoms with van der Waals surface area (Å²) in [6.45, 7) is 0. The highest BCUT2D eigenvalue weighted by molar-refractivity contribution is 7.98. The number of alkyl halides is 1. The van der Waals surface area contributed by atoms with Gasteiger partial charge in [-0.25, -0.2) is 4.98 Å². The van der Waals surface area contributed by atoms with Crippen LogP contribution in [0.15, 0.2) is 27.5 Å². The van der Waals surface area contributed by atoms with Crippen molar-refractivity contribution in [1.82, 2.24) is 4.98 Å². The number of nitrogens with zero attached hydrogens (tertiary/aromatic N) is 1. The van der Waals surface area contributed by atoms with Crippen molar-refractivity contribution in [1.29, 1.82) is 0 Å². The number of para-hydroxylation sites is 1. The number of carbonyl (C=O) groups is 1. The number of oxazole rings is 1. The topological polar surface area (TPSA) is 43.1 Å². The second-order valence-electron chi connectivity index (χ2n) is 2.88. The Kier molecular flexibility index (Phi) is 2.98. The molecule has 5 heteroatoms. The van der Waals surface area contributed by atoms with Gasteiger partial charge in [0.25, 0.3) is 5.89 Å². The van der Waals surface area contributed by atoms with Crippen LogP contribution in [0.4, 0.5) is 0 Å². The van der Waals surface area contributed by atoms with Crippen molar-refractivity contribution in [2.75, 3.05) is 12.1 Å². The molecular weight excluding hydrogens is 234 g/mol. The molecule has 0 aliphatic carbocycles. The van der Waals surface area contributed by atoms with E-state index in [9.17, 15) is 4.79 Å². The molecular formula is C10H8ClNO2S. The van der Waals surface area contributed by atoms with Crippen molar-refractivity contribution in [2.24, 2.45) is 0 Å². The number of aromatic nitrogens is 1. The second-order valence-corrected chi connectivity index (χ2v) is 4.00. The highest BCUT2D eigenvalue weighted by atomic mass is 35.5. The minimum absolute atomic E-state index is 0.0847. The fourth-order valence-electron chi connectivity index (χ4n) is 1.26. The normalized spacial score (nSPS) is 10.8. The van der Waals surface area contributed by atoms with Crippen LogP contribution in [0, 0.1) is 0 Å². The number of halogens is 1. The van der Waals surface area contributed by atoms with Gasteiger partial charge in [-0.2, -0.15) is 0 Å². The maximum atomic E-state index is 11.3. The molecule has 0 saturated carbocycles. The Morgan fingerprint density at radius 1 is 1.60 bits per heavy atom. The van der Waals surface area contributed by atoms with Crippen LogP contribution < -0.4 is 0 Å². The van der Waals surface area contributed by atoms with Crippen molar-refractivity contribution in [2.45, 2.75) is 4.90 Å². The summed E-state index contributed by atoms with van der Waals surface area (Å²) >= 11 is 6.99. The zero-order valence-electron chi connectivity index (χ0n) is 7.99. The lowest BCUT2D eigenvalue weighted by Crippen LogP contribution is -1.99. The van der Waals surface area contributed by atoms with Crippen LogP contribution in [0.2, 0.25) is 0 Å². The highest BCUT2D eigenvalue weighted by Gasteiger charge is 2.14. The van der Waals surface area contributed by atoms with Crippen molar-refractivity contribution in [3.8, 4) is 0 Å². The fraction of sp³-hybridized carbons (Fsp3) is 0.200. The van der Waals surface area contributed by atoms with Crippen molar-refractivity contribution >= 4 is 40.2 Å². The van der Waals surface area contributed by atoms with Crippen LogP contribution >= 0.6 is 23.4 Å². The summed E-state index contributed by atoms with van der Waals surface area (Å²) in [6, 6.07) is 5.61. The van der Waals surface area contributed by atoms with Gasteiger partial charge in [0.05, 0.1) is 10.8 Å². The maximum absolute atomic E-state index is 11.3. The van der Waals surface area contributed by atoms with Gasteiger partial charge in [0.2, 0.25) is 5.78 Å². The molecule has 1 aromatic carbocycles. The van der Waals surface area contributed by atoms with E-state index in [1.54, 1.807) is 11.8 Å². The zero-order chi connectivity index (χ0) is 10.8. The van der Waals surface area contributed by atoms with Gasteiger partial charge in [0, 0.05) is 0 Å². The standard InChI is InChI=1S/C10H8ClNO2S/c1-15-8-4-2-3-6-9(8)14-10(12-6)7(13)5-11/h2-4H,5H2,1H3. The molecule has 0 radical (unpaired) electrons. The number of Topliss-reactive ketones (excluding diaryl/α,β-unsaturated/α-hetero) is 1. The third-order valence-corrected chi connectivity index (χ3v) is 2.96. The zero-order valence-corrected chi connectivity index (χ0v) is 9.56. The number of carbonyl (C=O) groups excluding carboxylic acids is 1. The summed E-state index contributed by atoms with van der Waals surface area (Å²) < 4.78 is 5.38. The number of hydrogen-bond donors (Lipinski definition) is 0. The average molecular weight is 242 g/mol. The molecule has 1 aromatic heterocycles. The highest BCUT2D eigenvalue weighted by Crippen LogP contribution is 2.26. The quantitative estimate of drug-likeness (QED) is 0.471. The smallest absolute Gasteiger partial charge is 0.265 e. The predicted molar refractivity (Wildman–Crippen MR) is 60.8 cm³/mol. The summed E-state index contributed by atoms with van der Waals surface area (Å²) in [4.78, 5) is 16.3. The van der Waals surface area contributed by atoms with E-state index in [1.165, 1.54) is 0 Å². The van der Waals surface area contributed by atoms with Crippen molar-refractivity contribution in [3.63, 3.8) is 0 Å². The molecule has 15 heavy (non-hydrogen) atoms. The Balaban J connectivity index is 2.60. The van der Waals surface area contributed by atoms with Crippen molar-refractivity contribution in [3.05, 3.63) is 24.1 Å². The number of fused-ring (bicyclic) bond motifs is 1. The first-order valence-corrected chi connectivity index (χ1v) is 6.05. The predicted octanol–water partition coefficient (Wildman–Crippen LogP) is 2.97. The molecule has 0 saturated heterocycles. The molecule has 2 rings (SSSR count). The fourth-order valence-corrected chi connectivity index (χ4v) is 1.92. The molecule has 0 spiro atoms. The third-order valence-electron chi connectivity index (χ3n) is 1.96. The van der Waals surface area contributed by atoms with Gasteiger partial charge in [-0.15, -0.1) is 23.4 Å². The lowest BCUT2D eigenvalue weighted by atomic mass is 10.3. The molecule has 78 valence electrons. The summed E-state index contributed by atoms with van der Waals surface area (Å²) in [5, 5.41) is 0. The Morgan fingerprint density at radius 2 is 2.40 bits per heavy atom. The molecule has 0 N–H and O–H groups in total. The van der Waals surface area contributed by atoms with Crippen molar-refractivity contribution < 1.29 is 9.21 Å². The van der Waals surface area contributed by atoms with E-state index in [0.29, 0.717) is 11.1 Å². The van der Waals surface area contributed by atoms with Gasteiger partial charge in [0.15, 0.2) is 5.58 Å². The summed E-state index contributed by atoms with van der Waals surface area (Å²) in [6.07, 6.45) is 1.94. The Labute approximate surface area is 95.8 Å². The van der Waals surface area contributed by atoms with Crippen LogP contribution in [0.5, 0.6) is 0 Å². The summed E-state index contributed by atoms with van der Waals surface area (Å²) in [5.74, 6) is -0.317. The number of benzene rings is 1. The number of thioether (sulfide) groups is 1. The Hall–Kier alpha value is -1.000. The molecule has 0 atom stereocenters. The van der Waals surface area contributed by atoms with Gasteiger partial charge in [-0.3, -0.25) is 4.79 Å². The molecule has 0 unspecified atom stereocenters. The molecule has 0 aliphatic rings. The molecule has 3 nitrogen and oxygen atoms in total. The van der Waals surface area contributed by atoms with E-state index < -0.39 is 0 Å². The number of rotatable bonds is 3. The van der Waals surface area contributed by atoms with E-state index in [1.807, 2.05) is 24.5 Å². The molecule has 0 amide bonds. The Morgan fingerprint density at radius 3 is 3.07 bits per heavy atom. The first-order chi connectivity index (χ1) is 7.26. The summed E-state index contributed by atoms with van der Waals surface area (Å²) in [7, 11) is 0. The van der Waals surface area contributed by atoms with Gasteiger partial charge in [0.1, 0.15) is 5.52 Å². The molecule has 0 bridgehead atoms. The summed E-state index contributed by atoms with van der Waals surface area (Å²) in [5.41, 5.74) is 1.34. The van der Waals surface area contributed by atoms with Crippen LogP contribution in [0.3, 0.4) is 0 Å². The lowest BCUT2D eigenvalue weighted by molar-refractivity contribution is 0.0986. The molecule has 1 heterocycles. The van der Waals surface area contributed by atoms with E-state index in [2.05, 4.69) is 4.98 Å². The van der Waals surface area contributed by atoms with E-state index in [0.717, 1.165) is 4.90 Å². The maximum Gasteiger partial charge on any atom is 0.265 e. The second kappa shape index (κ2) is 4.24. The number of ketones is 1. The van der Waals surface area contributed by atoms with Gasteiger partial charge in [-0.1, -0.05) is 6.07 Å². The SMILES string of the molecule is CSc1cccc2nc(C(=O)CCl)oc12. The molecule has 0 fully saturated rings. The van der Waals surface area contributed by atoms with E-state index >= 15 is 0 Å². The first-order valence-electron chi connectivity index (χ1n) is 4.29. The number of hydrogen-bond acceptors (Lipinski definition) is 4. The largest absolute Gasteiger partial charge is 0.432 e. The van der Waals surface area contributed by atoms with Gasteiger partial charge < -0.3 is 4.42 Å². The minimum Gasteiger partial charge on any atom is -0.432 e. The van der Waals surface area contributed by atoms with E-state index in [-0.39, 0.29) is 17.6 Å². The average Bonchev–Trinajstić information content (AvgIpc) is 2.71. The third kappa shape index (κ3) is 1.87. The Bertz CT molecular complexity index is 509. The van der Waals surface area contributed by atoms with Gasteiger partial charge >= 0.3 is 0 Å². The minimum atomic E-state index is -0.292. The van der Waals surface area contributed by atoms with Crippen LogP contribution in [0.1, 0.15) is 10.7 Å². The molecule has 0 aliphatic heterocycles. The lowest BCUT2D eigenvalue weighted by Gasteiger charge is -1.93. The monoisotopic (exact) mass is 241 g/mol. The molecule has 2 aromatic rings. The van der Waals surface area contributed by atoms with E-state index in [4.69, 9.17) is 16.0 Å².